The second-order valence-electron chi connectivity index (χ2n) is 4.05. The molecule has 1 aromatic heterocycles. The van der Waals surface area contributed by atoms with Crippen molar-refractivity contribution in [2.24, 2.45) is 7.05 Å². The Bertz CT molecular complexity index is 724. The summed E-state index contributed by atoms with van der Waals surface area (Å²) in [6.07, 6.45) is 0. The van der Waals surface area contributed by atoms with Crippen LogP contribution in [0.1, 0.15) is 5.69 Å². The summed E-state index contributed by atoms with van der Waals surface area (Å²) in [5.74, 6) is -0.495. The molecule has 0 aliphatic carbocycles. The lowest BCUT2D eigenvalue weighted by Gasteiger charge is -2.10. The quantitative estimate of drug-likeness (QED) is 0.830. The topological polar surface area (TPSA) is 90.0 Å². The van der Waals surface area contributed by atoms with Crippen LogP contribution in [0, 0.1) is 12.7 Å². The van der Waals surface area contributed by atoms with Crippen molar-refractivity contribution in [3.05, 3.63) is 35.8 Å². The molecule has 0 fully saturated rings. The zero-order chi connectivity index (χ0) is 14.2. The fourth-order valence-corrected chi connectivity index (χ4v) is 2.87. The molecular weight excluding hydrogens is 271 g/mol. The molecule has 0 spiro atoms. The molecule has 1 aromatic carbocycles. The number of aryl methyl sites for hydroxylation is 2. The van der Waals surface area contributed by atoms with Crippen molar-refractivity contribution in [3.63, 3.8) is 0 Å². The standard InChI is InChI=1S/C11H13FN4O2S/c1-7-6-10(16(2)14-7)15-19(17,18)9-5-3-4-8(12)11(9)13/h3-6,15H,13H2,1-2H3. The lowest BCUT2D eigenvalue weighted by molar-refractivity contribution is 0.596. The molecule has 3 N–H and O–H groups in total. The maximum Gasteiger partial charge on any atom is 0.265 e. The van der Waals surface area contributed by atoms with E-state index >= 15 is 0 Å². The number of hydrogen-bond donors (Lipinski definition) is 2. The second-order valence-corrected chi connectivity index (χ2v) is 5.70. The van der Waals surface area contributed by atoms with Gasteiger partial charge in [0.15, 0.2) is 0 Å². The third-order valence-electron chi connectivity index (χ3n) is 2.54. The number of para-hydroxylation sites is 1. The summed E-state index contributed by atoms with van der Waals surface area (Å²) >= 11 is 0. The van der Waals surface area contributed by atoms with E-state index in [4.69, 9.17) is 5.73 Å². The van der Waals surface area contributed by atoms with Gasteiger partial charge in [-0.25, -0.2) is 12.8 Å². The first kappa shape index (κ1) is 13.3. The van der Waals surface area contributed by atoms with Crippen molar-refractivity contribution in [1.82, 2.24) is 9.78 Å². The van der Waals surface area contributed by atoms with Crippen LogP contribution in [-0.2, 0) is 17.1 Å². The van der Waals surface area contributed by atoms with E-state index in [0.29, 0.717) is 5.69 Å². The largest absolute Gasteiger partial charge is 0.395 e. The molecule has 0 radical (unpaired) electrons. The summed E-state index contributed by atoms with van der Waals surface area (Å²) < 4.78 is 41.3. The van der Waals surface area contributed by atoms with E-state index in [9.17, 15) is 12.8 Å². The van der Waals surface area contributed by atoms with Gasteiger partial charge in [0.2, 0.25) is 0 Å². The molecule has 0 saturated carbocycles. The average molecular weight is 284 g/mol. The van der Waals surface area contributed by atoms with Crippen LogP contribution in [-0.4, -0.2) is 18.2 Å². The van der Waals surface area contributed by atoms with Gasteiger partial charge in [-0.2, -0.15) is 5.10 Å². The molecule has 19 heavy (non-hydrogen) atoms. The van der Waals surface area contributed by atoms with E-state index in [1.807, 2.05) is 0 Å². The van der Waals surface area contributed by atoms with Crippen LogP contribution >= 0.6 is 0 Å². The zero-order valence-corrected chi connectivity index (χ0v) is 11.2. The lowest BCUT2D eigenvalue weighted by atomic mass is 10.3. The number of nitrogen functional groups attached to an aromatic ring is 1. The molecule has 0 aliphatic heterocycles. The first-order valence-electron chi connectivity index (χ1n) is 5.39. The lowest BCUT2D eigenvalue weighted by Crippen LogP contribution is -2.17. The monoisotopic (exact) mass is 284 g/mol. The Hall–Kier alpha value is -2.09. The predicted octanol–water partition coefficient (Wildman–Crippen LogP) is 1.25. The van der Waals surface area contributed by atoms with Gasteiger partial charge in [0.05, 0.1) is 11.4 Å². The van der Waals surface area contributed by atoms with Gasteiger partial charge in [0.25, 0.3) is 10.0 Å². The molecule has 2 aromatic rings. The SMILES string of the molecule is Cc1cc(NS(=O)(=O)c2cccc(F)c2N)n(C)n1. The Labute approximate surface area is 110 Å². The molecule has 8 heteroatoms. The Balaban J connectivity index is 2.44. The highest BCUT2D eigenvalue weighted by atomic mass is 32.2. The summed E-state index contributed by atoms with van der Waals surface area (Å²) in [6, 6.07) is 5.19. The van der Waals surface area contributed by atoms with Crippen molar-refractivity contribution >= 4 is 21.5 Å². The number of anilines is 2. The average Bonchev–Trinajstić information content (AvgIpc) is 2.60. The number of benzene rings is 1. The van der Waals surface area contributed by atoms with Gasteiger partial charge in [-0.3, -0.25) is 9.40 Å². The minimum atomic E-state index is -3.95. The summed E-state index contributed by atoms with van der Waals surface area (Å²) in [5.41, 5.74) is 5.70. The maximum atomic E-state index is 13.3. The van der Waals surface area contributed by atoms with Crippen molar-refractivity contribution in [3.8, 4) is 0 Å². The van der Waals surface area contributed by atoms with Crippen LogP contribution in [0.2, 0.25) is 0 Å². The molecule has 0 bridgehead atoms. The number of nitrogens with zero attached hydrogens (tertiary/aromatic N) is 2. The van der Waals surface area contributed by atoms with Gasteiger partial charge in [-0.1, -0.05) is 6.07 Å². The highest BCUT2D eigenvalue weighted by molar-refractivity contribution is 7.92. The first-order valence-corrected chi connectivity index (χ1v) is 6.87. The molecule has 0 aliphatic rings. The van der Waals surface area contributed by atoms with Gasteiger partial charge in [-0.15, -0.1) is 0 Å². The number of nitrogens with two attached hydrogens (primary N) is 1. The number of nitrogens with one attached hydrogen (secondary N) is 1. The van der Waals surface area contributed by atoms with Gasteiger partial charge < -0.3 is 5.73 Å². The third kappa shape index (κ3) is 2.53. The predicted molar refractivity (Wildman–Crippen MR) is 69.6 cm³/mol. The normalized spacial score (nSPS) is 11.5. The van der Waals surface area contributed by atoms with E-state index in [1.165, 1.54) is 16.8 Å². The fourth-order valence-electron chi connectivity index (χ4n) is 1.65. The molecule has 0 amide bonds. The molecule has 0 unspecified atom stereocenters. The number of hydrogen-bond acceptors (Lipinski definition) is 4. The van der Waals surface area contributed by atoms with Crippen molar-refractivity contribution in [2.45, 2.75) is 11.8 Å². The van der Waals surface area contributed by atoms with Crippen LogP contribution < -0.4 is 10.5 Å². The van der Waals surface area contributed by atoms with Crippen molar-refractivity contribution in [1.29, 1.82) is 0 Å². The smallest absolute Gasteiger partial charge is 0.265 e. The molecule has 6 nitrogen and oxygen atoms in total. The summed E-state index contributed by atoms with van der Waals surface area (Å²) in [5, 5.41) is 4.01. The summed E-state index contributed by atoms with van der Waals surface area (Å²) in [6.45, 7) is 1.73. The molecule has 1 heterocycles. The number of sulfonamides is 1. The summed E-state index contributed by atoms with van der Waals surface area (Å²) in [4.78, 5) is -0.300. The van der Waals surface area contributed by atoms with Crippen molar-refractivity contribution in [2.75, 3.05) is 10.5 Å². The fraction of sp³-hybridized carbons (Fsp3) is 0.182. The Morgan fingerprint density at radius 3 is 2.68 bits per heavy atom. The molecule has 0 saturated heterocycles. The van der Waals surface area contributed by atoms with E-state index in [-0.39, 0.29) is 10.7 Å². The van der Waals surface area contributed by atoms with Crippen LogP contribution in [0.15, 0.2) is 29.2 Å². The molecular formula is C11H13FN4O2S. The molecule has 102 valence electrons. The Kier molecular flexibility index (Phi) is 3.19. The van der Waals surface area contributed by atoms with E-state index < -0.39 is 21.5 Å². The number of halogens is 1. The molecule has 0 atom stereocenters. The zero-order valence-electron chi connectivity index (χ0n) is 10.4. The number of rotatable bonds is 3. The second kappa shape index (κ2) is 4.54. The minimum absolute atomic E-state index is 0.279. The summed E-state index contributed by atoms with van der Waals surface area (Å²) in [7, 11) is -2.35. The van der Waals surface area contributed by atoms with E-state index in [2.05, 4.69) is 9.82 Å². The van der Waals surface area contributed by atoms with Crippen LogP contribution in [0.25, 0.3) is 0 Å². The Morgan fingerprint density at radius 1 is 1.42 bits per heavy atom. The third-order valence-corrected chi connectivity index (χ3v) is 3.96. The van der Waals surface area contributed by atoms with Gasteiger partial charge in [0.1, 0.15) is 16.5 Å². The van der Waals surface area contributed by atoms with Gasteiger partial charge >= 0.3 is 0 Å². The van der Waals surface area contributed by atoms with Gasteiger partial charge in [0, 0.05) is 13.1 Å². The maximum absolute atomic E-state index is 13.3. The van der Waals surface area contributed by atoms with Crippen LogP contribution in [0.5, 0.6) is 0 Å². The highest BCUT2D eigenvalue weighted by Gasteiger charge is 2.20. The number of aromatic nitrogens is 2. The van der Waals surface area contributed by atoms with Crippen LogP contribution in [0.3, 0.4) is 0 Å². The van der Waals surface area contributed by atoms with Crippen LogP contribution in [0.4, 0.5) is 15.9 Å². The van der Waals surface area contributed by atoms with E-state index in [0.717, 1.165) is 6.07 Å². The van der Waals surface area contributed by atoms with Gasteiger partial charge in [-0.05, 0) is 19.1 Å². The van der Waals surface area contributed by atoms with E-state index in [1.54, 1.807) is 20.0 Å². The molecule has 2 rings (SSSR count). The minimum Gasteiger partial charge on any atom is -0.395 e. The van der Waals surface area contributed by atoms with Crippen molar-refractivity contribution < 1.29 is 12.8 Å². The first-order chi connectivity index (χ1) is 8.81. The Morgan fingerprint density at radius 2 is 2.11 bits per heavy atom. The highest BCUT2D eigenvalue weighted by Crippen LogP contribution is 2.23.